The molecule has 3 rings (SSSR count). The van der Waals surface area contributed by atoms with E-state index in [9.17, 15) is 19.2 Å². The largest absolute Gasteiger partial charge is 0.444 e. The van der Waals surface area contributed by atoms with Crippen molar-refractivity contribution in [3.63, 3.8) is 0 Å². The van der Waals surface area contributed by atoms with Crippen LogP contribution < -0.4 is 10.6 Å². The highest BCUT2D eigenvalue weighted by molar-refractivity contribution is 6.07. The Morgan fingerprint density at radius 3 is 2.34 bits per heavy atom. The van der Waals surface area contributed by atoms with Crippen LogP contribution in [0.15, 0.2) is 0 Å². The zero-order valence-corrected chi connectivity index (χ0v) is 19.6. The van der Waals surface area contributed by atoms with Gasteiger partial charge in [0.05, 0.1) is 0 Å². The van der Waals surface area contributed by atoms with E-state index in [4.69, 9.17) is 4.74 Å². The molecule has 1 aliphatic carbocycles. The number of hydrogen-bond acceptors (Lipinski definition) is 6. The van der Waals surface area contributed by atoms with Crippen LogP contribution in [0, 0.1) is 0 Å². The Morgan fingerprint density at radius 2 is 1.72 bits per heavy atom. The normalized spacial score (nSPS) is 21.2. The maximum atomic E-state index is 12.6. The number of ether oxygens (including phenoxy) is 1. The van der Waals surface area contributed by atoms with Crippen LogP contribution in [-0.2, 0) is 14.3 Å². The Labute approximate surface area is 190 Å². The Kier molecular flexibility index (Phi) is 7.63. The van der Waals surface area contributed by atoms with E-state index in [1.165, 1.54) is 4.90 Å². The van der Waals surface area contributed by atoms with Crippen molar-refractivity contribution in [1.29, 1.82) is 0 Å². The zero-order valence-electron chi connectivity index (χ0n) is 19.6. The molecule has 0 unspecified atom stereocenters. The van der Waals surface area contributed by atoms with Crippen LogP contribution in [0.4, 0.5) is 9.59 Å². The van der Waals surface area contributed by atoms with Crippen molar-refractivity contribution < 1.29 is 23.9 Å². The number of rotatable bonds is 7. The van der Waals surface area contributed by atoms with E-state index in [1.807, 2.05) is 20.8 Å². The van der Waals surface area contributed by atoms with Gasteiger partial charge in [-0.15, -0.1) is 0 Å². The third-order valence-electron chi connectivity index (χ3n) is 6.26. The standard InChI is InChI=1S/C22H37N5O5/c1-21(2,3)32-20(31)26-15-13-25(14-16-26)11-6-10-23-17(28)7-12-27-18(29)22(24-19(27)30)8-4-5-9-22/h4-16H2,1-3H3,(H,23,28)(H,24,30). The number of piperazine rings is 1. The van der Waals surface area contributed by atoms with Crippen LogP contribution in [0.3, 0.4) is 0 Å². The minimum absolute atomic E-state index is 0.115. The summed E-state index contributed by atoms with van der Waals surface area (Å²) in [5.41, 5.74) is -1.21. The molecule has 0 atom stereocenters. The minimum Gasteiger partial charge on any atom is -0.444 e. The number of amides is 5. The fourth-order valence-electron chi connectivity index (χ4n) is 4.51. The van der Waals surface area contributed by atoms with Gasteiger partial charge in [0.1, 0.15) is 11.1 Å². The molecule has 2 heterocycles. The van der Waals surface area contributed by atoms with Crippen molar-refractivity contribution >= 4 is 23.9 Å². The van der Waals surface area contributed by atoms with Gasteiger partial charge in [0.25, 0.3) is 5.91 Å². The van der Waals surface area contributed by atoms with E-state index >= 15 is 0 Å². The number of carbonyl (C=O) groups excluding carboxylic acids is 4. The summed E-state index contributed by atoms with van der Waals surface area (Å²) in [5.74, 6) is -0.342. The first kappa shape index (κ1) is 24.3. The van der Waals surface area contributed by atoms with Crippen LogP contribution >= 0.6 is 0 Å². The molecule has 3 fully saturated rings. The third-order valence-corrected chi connectivity index (χ3v) is 6.26. The summed E-state index contributed by atoms with van der Waals surface area (Å²) < 4.78 is 5.41. The highest BCUT2D eigenvalue weighted by Gasteiger charge is 2.52. The second-order valence-electron chi connectivity index (χ2n) is 9.94. The topological polar surface area (TPSA) is 111 Å². The predicted octanol–water partition coefficient (Wildman–Crippen LogP) is 1.30. The molecule has 0 radical (unpaired) electrons. The lowest BCUT2D eigenvalue weighted by Gasteiger charge is -2.35. The second-order valence-corrected chi connectivity index (χ2v) is 9.94. The molecule has 3 aliphatic rings. The van der Waals surface area contributed by atoms with Crippen LogP contribution in [-0.4, -0.2) is 95.6 Å². The molecule has 10 nitrogen and oxygen atoms in total. The Balaban J connectivity index is 1.27. The number of nitrogens with zero attached hydrogens (tertiary/aromatic N) is 3. The first-order valence-corrected chi connectivity index (χ1v) is 11.7. The summed E-state index contributed by atoms with van der Waals surface area (Å²) in [6, 6.07) is -0.379. The minimum atomic E-state index is -0.721. The molecule has 2 N–H and O–H groups in total. The highest BCUT2D eigenvalue weighted by atomic mass is 16.6. The molecular formula is C22H37N5O5. The van der Waals surface area contributed by atoms with Crippen LogP contribution in [0.2, 0.25) is 0 Å². The molecule has 0 aromatic carbocycles. The molecule has 2 saturated heterocycles. The summed E-state index contributed by atoms with van der Waals surface area (Å²) in [4.78, 5) is 54.2. The molecule has 2 aliphatic heterocycles. The average Bonchev–Trinajstić information content (AvgIpc) is 3.28. The first-order valence-electron chi connectivity index (χ1n) is 11.7. The summed E-state index contributed by atoms with van der Waals surface area (Å²) in [7, 11) is 0. The molecule has 1 saturated carbocycles. The van der Waals surface area contributed by atoms with E-state index in [2.05, 4.69) is 15.5 Å². The van der Waals surface area contributed by atoms with Gasteiger partial charge in [-0.25, -0.2) is 9.59 Å². The zero-order chi connectivity index (χ0) is 23.4. The van der Waals surface area contributed by atoms with Crippen molar-refractivity contribution in [2.75, 3.05) is 45.8 Å². The van der Waals surface area contributed by atoms with Gasteiger partial charge in [0.2, 0.25) is 5.91 Å². The molecular weight excluding hydrogens is 414 g/mol. The van der Waals surface area contributed by atoms with Gasteiger partial charge in [0.15, 0.2) is 0 Å². The van der Waals surface area contributed by atoms with Gasteiger partial charge in [-0.3, -0.25) is 19.4 Å². The molecule has 5 amide bonds. The fourth-order valence-corrected chi connectivity index (χ4v) is 4.51. The lowest BCUT2D eigenvalue weighted by atomic mass is 9.98. The summed E-state index contributed by atoms with van der Waals surface area (Å²) in [6.07, 6.45) is 3.90. The average molecular weight is 452 g/mol. The fraction of sp³-hybridized carbons (Fsp3) is 0.818. The maximum absolute atomic E-state index is 12.6. The SMILES string of the molecule is CC(C)(C)OC(=O)N1CCN(CCCNC(=O)CCN2C(=O)NC3(CCCC3)C2=O)CC1. The van der Waals surface area contributed by atoms with Crippen molar-refractivity contribution in [1.82, 2.24) is 25.3 Å². The van der Waals surface area contributed by atoms with E-state index in [-0.39, 0.29) is 36.9 Å². The third kappa shape index (κ3) is 6.11. The summed E-state index contributed by atoms with van der Waals surface area (Å²) >= 11 is 0. The number of nitrogens with one attached hydrogen (secondary N) is 2. The van der Waals surface area contributed by atoms with Crippen molar-refractivity contribution in [2.24, 2.45) is 0 Å². The van der Waals surface area contributed by atoms with Gasteiger partial charge in [-0.2, -0.15) is 0 Å². The molecule has 180 valence electrons. The number of hydrogen-bond donors (Lipinski definition) is 2. The number of carbonyl (C=O) groups is 4. The van der Waals surface area contributed by atoms with Gasteiger partial charge in [-0.05, 0) is 46.6 Å². The quantitative estimate of drug-likeness (QED) is 0.446. The van der Waals surface area contributed by atoms with Gasteiger partial charge >= 0.3 is 12.1 Å². The molecule has 0 aromatic heterocycles. The van der Waals surface area contributed by atoms with E-state index in [1.54, 1.807) is 4.90 Å². The predicted molar refractivity (Wildman–Crippen MR) is 118 cm³/mol. The Bertz CT molecular complexity index is 721. The van der Waals surface area contributed by atoms with E-state index in [0.29, 0.717) is 32.5 Å². The van der Waals surface area contributed by atoms with E-state index in [0.717, 1.165) is 38.9 Å². The molecule has 0 aromatic rings. The van der Waals surface area contributed by atoms with Gasteiger partial charge in [-0.1, -0.05) is 12.8 Å². The molecule has 1 spiro atoms. The monoisotopic (exact) mass is 451 g/mol. The smallest absolute Gasteiger partial charge is 0.410 e. The number of urea groups is 1. The number of imide groups is 1. The summed E-state index contributed by atoms with van der Waals surface area (Å²) in [5, 5.41) is 5.70. The maximum Gasteiger partial charge on any atom is 0.410 e. The van der Waals surface area contributed by atoms with Gasteiger partial charge < -0.3 is 20.3 Å². The van der Waals surface area contributed by atoms with Gasteiger partial charge in [0, 0.05) is 45.7 Å². The van der Waals surface area contributed by atoms with Crippen molar-refractivity contribution in [3.8, 4) is 0 Å². The lowest BCUT2D eigenvalue weighted by Crippen LogP contribution is -2.50. The lowest BCUT2D eigenvalue weighted by molar-refractivity contribution is -0.131. The van der Waals surface area contributed by atoms with Crippen LogP contribution in [0.1, 0.15) is 59.3 Å². The Morgan fingerprint density at radius 1 is 1.06 bits per heavy atom. The summed E-state index contributed by atoms with van der Waals surface area (Å²) in [6.45, 7) is 9.89. The Hall–Kier alpha value is -2.36. The highest BCUT2D eigenvalue weighted by Crippen LogP contribution is 2.35. The second kappa shape index (κ2) is 10.1. The van der Waals surface area contributed by atoms with Crippen LogP contribution in [0.25, 0.3) is 0 Å². The van der Waals surface area contributed by atoms with Crippen molar-refractivity contribution in [3.05, 3.63) is 0 Å². The molecule has 32 heavy (non-hydrogen) atoms. The molecule has 10 heteroatoms. The van der Waals surface area contributed by atoms with Crippen LogP contribution in [0.5, 0.6) is 0 Å². The molecule has 0 bridgehead atoms. The van der Waals surface area contributed by atoms with Crippen molar-refractivity contribution in [2.45, 2.75) is 70.4 Å². The first-order chi connectivity index (χ1) is 15.1. The van der Waals surface area contributed by atoms with E-state index < -0.39 is 11.1 Å².